The molecule has 2 N–H and O–H groups in total. The molecule has 1 aliphatic carbocycles. The summed E-state index contributed by atoms with van der Waals surface area (Å²) < 4.78 is 22.9. The fourth-order valence-corrected chi connectivity index (χ4v) is 4.57. The lowest BCUT2D eigenvalue weighted by Gasteiger charge is -2.31. The van der Waals surface area contributed by atoms with Crippen LogP contribution in [0.2, 0.25) is 0 Å². The Hall–Kier alpha value is -1.56. The van der Waals surface area contributed by atoms with Gasteiger partial charge >= 0.3 is 0 Å². The second kappa shape index (κ2) is 10.3. The first-order valence-corrected chi connectivity index (χ1v) is 12.5. The summed E-state index contributed by atoms with van der Waals surface area (Å²) in [6, 6.07) is 11.2. The number of hydrogen-bond donors (Lipinski definition) is 2. The normalized spacial score (nSPS) is 21.4. The number of rotatable bonds is 8. The number of hydrogen-bond acceptors (Lipinski definition) is 3. The van der Waals surface area contributed by atoms with Crippen molar-refractivity contribution in [3.8, 4) is 0 Å². The predicted octanol–water partition coefficient (Wildman–Crippen LogP) is 3.73. The molecule has 158 valence electrons. The van der Waals surface area contributed by atoms with Crippen LogP contribution >= 0.6 is 0 Å². The molecular formula is C22H37N3O2S. The lowest BCUT2D eigenvalue weighted by Crippen LogP contribution is -2.45. The number of nitrogens with one attached hydrogen (secondary N) is 2. The van der Waals surface area contributed by atoms with Crippen molar-refractivity contribution in [3.05, 3.63) is 35.9 Å². The van der Waals surface area contributed by atoms with Crippen LogP contribution in [0, 0.1) is 5.41 Å². The van der Waals surface area contributed by atoms with Gasteiger partial charge in [-0.2, -0.15) is 0 Å². The minimum atomic E-state index is -2.94. The quantitative estimate of drug-likeness (QED) is 0.509. The summed E-state index contributed by atoms with van der Waals surface area (Å²) in [6.45, 7) is 7.65. The molecule has 28 heavy (non-hydrogen) atoms. The summed E-state index contributed by atoms with van der Waals surface area (Å²) in [7, 11) is -2.94. The number of guanidine groups is 1. The Kier molecular flexibility index (Phi) is 8.35. The Bertz CT molecular complexity index is 721. The van der Waals surface area contributed by atoms with E-state index in [0.29, 0.717) is 24.9 Å². The third-order valence-electron chi connectivity index (χ3n) is 5.50. The largest absolute Gasteiger partial charge is 0.357 e. The van der Waals surface area contributed by atoms with E-state index < -0.39 is 9.84 Å². The van der Waals surface area contributed by atoms with Gasteiger partial charge in [0, 0.05) is 25.4 Å². The van der Waals surface area contributed by atoms with Crippen LogP contribution in [0.5, 0.6) is 0 Å². The van der Waals surface area contributed by atoms with E-state index in [4.69, 9.17) is 4.99 Å². The molecule has 0 amide bonds. The molecule has 5 nitrogen and oxygen atoms in total. The smallest absolute Gasteiger partial charge is 0.191 e. The minimum absolute atomic E-state index is 0.142. The third kappa shape index (κ3) is 8.21. The van der Waals surface area contributed by atoms with E-state index in [9.17, 15) is 8.42 Å². The SMILES string of the molecule is CCNC(=NCC(C)(C)CCS(C)(=O)=O)NC1CCC(c2ccccc2)CC1. The molecule has 0 saturated heterocycles. The Labute approximate surface area is 171 Å². The molecule has 0 unspecified atom stereocenters. The van der Waals surface area contributed by atoms with Crippen molar-refractivity contribution in [2.75, 3.05) is 25.1 Å². The molecule has 0 spiro atoms. The molecule has 1 saturated carbocycles. The topological polar surface area (TPSA) is 70.6 Å². The average Bonchev–Trinajstić information content (AvgIpc) is 2.66. The van der Waals surface area contributed by atoms with Crippen molar-refractivity contribution in [1.82, 2.24) is 10.6 Å². The van der Waals surface area contributed by atoms with Crippen LogP contribution in [0.15, 0.2) is 35.3 Å². The van der Waals surface area contributed by atoms with E-state index in [1.807, 2.05) is 0 Å². The minimum Gasteiger partial charge on any atom is -0.357 e. The highest BCUT2D eigenvalue weighted by molar-refractivity contribution is 7.90. The van der Waals surface area contributed by atoms with Gasteiger partial charge in [-0.1, -0.05) is 44.2 Å². The fourth-order valence-electron chi connectivity index (χ4n) is 3.64. The fraction of sp³-hybridized carbons (Fsp3) is 0.682. The van der Waals surface area contributed by atoms with E-state index in [-0.39, 0.29) is 11.2 Å². The monoisotopic (exact) mass is 407 g/mol. The first-order chi connectivity index (χ1) is 13.2. The van der Waals surface area contributed by atoms with Gasteiger partial charge in [0.2, 0.25) is 0 Å². The summed E-state index contributed by atoms with van der Waals surface area (Å²) >= 11 is 0. The van der Waals surface area contributed by atoms with Crippen LogP contribution in [0.4, 0.5) is 0 Å². The van der Waals surface area contributed by atoms with Crippen LogP contribution < -0.4 is 10.6 Å². The van der Waals surface area contributed by atoms with Crippen molar-refractivity contribution in [1.29, 1.82) is 0 Å². The maximum Gasteiger partial charge on any atom is 0.191 e. The van der Waals surface area contributed by atoms with Crippen LogP contribution in [0.1, 0.15) is 64.4 Å². The van der Waals surface area contributed by atoms with Gasteiger partial charge in [-0.3, -0.25) is 4.99 Å². The Morgan fingerprint density at radius 1 is 1.14 bits per heavy atom. The second-order valence-electron chi connectivity index (χ2n) is 8.84. The van der Waals surface area contributed by atoms with Crippen molar-refractivity contribution in [2.24, 2.45) is 10.4 Å². The molecule has 1 aliphatic rings. The predicted molar refractivity (Wildman–Crippen MR) is 119 cm³/mol. The highest BCUT2D eigenvalue weighted by Gasteiger charge is 2.24. The number of aliphatic imine (C=N–C) groups is 1. The van der Waals surface area contributed by atoms with Gasteiger partial charge in [0.05, 0.1) is 5.75 Å². The van der Waals surface area contributed by atoms with Gasteiger partial charge in [-0.05, 0) is 55.9 Å². The maximum atomic E-state index is 11.4. The lowest BCUT2D eigenvalue weighted by atomic mass is 9.82. The number of sulfone groups is 1. The molecule has 0 aliphatic heterocycles. The van der Waals surface area contributed by atoms with Crippen molar-refractivity contribution < 1.29 is 8.42 Å². The lowest BCUT2D eigenvalue weighted by molar-refractivity contribution is 0.358. The Morgan fingerprint density at radius 3 is 2.36 bits per heavy atom. The molecule has 6 heteroatoms. The van der Waals surface area contributed by atoms with Gasteiger partial charge in [0.1, 0.15) is 9.84 Å². The zero-order valence-electron chi connectivity index (χ0n) is 17.9. The summed E-state index contributed by atoms with van der Waals surface area (Å²) in [5, 5.41) is 6.93. The summed E-state index contributed by atoms with van der Waals surface area (Å²) in [4.78, 5) is 4.76. The van der Waals surface area contributed by atoms with E-state index in [2.05, 4.69) is 61.7 Å². The molecule has 1 aromatic rings. The van der Waals surface area contributed by atoms with E-state index >= 15 is 0 Å². The van der Waals surface area contributed by atoms with Crippen LogP contribution in [-0.2, 0) is 9.84 Å². The number of nitrogens with zero attached hydrogens (tertiary/aromatic N) is 1. The van der Waals surface area contributed by atoms with Crippen LogP contribution in [0.25, 0.3) is 0 Å². The first kappa shape index (κ1) is 22.7. The van der Waals surface area contributed by atoms with Crippen molar-refractivity contribution >= 4 is 15.8 Å². The zero-order valence-corrected chi connectivity index (χ0v) is 18.7. The zero-order chi connectivity index (χ0) is 20.6. The molecular weight excluding hydrogens is 370 g/mol. The molecule has 0 radical (unpaired) electrons. The van der Waals surface area contributed by atoms with E-state index in [1.165, 1.54) is 24.7 Å². The maximum absolute atomic E-state index is 11.4. The van der Waals surface area contributed by atoms with Gasteiger partial charge in [0.25, 0.3) is 0 Å². The second-order valence-corrected chi connectivity index (χ2v) is 11.1. The van der Waals surface area contributed by atoms with Crippen molar-refractivity contribution in [2.45, 2.75) is 64.8 Å². The Balaban J connectivity index is 1.87. The molecule has 0 atom stereocenters. The first-order valence-electron chi connectivity index (χ1n) is 10.5. The molecule has 0 heterocycles. The van der Waals surface area contributed by atoms with Gasteiger partial charge in [-0.15, -0.1) is 0 Å². The molecule has 1 aromatic carbocycles. The molecule has 1 fully saturated rings. The van der Waals surface area contributed by atoms with Gasteiger partial charge in [-0.25, -0.2) is 8.42 Å². The van der Waals surface area contributed by atoms with Crippen LogP contribution in [-0.4, -0.2) is 45.5 Å². The summed E-state index contributed by atoms with van der Waals surface area (Å²) in [5.74, 6) is 1.72. The standard InChI is InChI=1S/C22H37N3O2S/c1-5-23-21(24-17-22(2,3)15-16-28(4,26)27)25-20-13-11-19(12-14-20)18-9-7-6-8-10-18/h6-10,19-20H,5,11-17H2,1-4H3,(H2,23,24,25). The summed E-state index contributed by atoms with van der Waals surface area (Å²) in [6.07, 6.45) is 6.59. The van der Waals surface area contributed by atoms with E-state index in [1.54, 1.807) is 0 Å². The number of benzene rings is 1. The highest BCUT2D eigenvalue weighted by atomic mass is 32.2. The highest BCUT2D eigenvalue weighted by Crippen LogP contribution is 2.32. The van der Waals surface area contributed by atoms with Crippen LogP contribution in [0.3, 0.4) is 0 Å². The molecule has 2 rings (SSSR count). The van der Waals surface area contributed by atoms with Gasteiger partial charge in [0.15, 0.2) is 5.96 Å². The van der Waals surface area contributed by atoms with Crippen molar-refractivity contribution in [3.63, 3.8) is 0 Å². The summed E-state index contributed by atoms with van der Waals surface area (Å²) in [5.41, 5.74) is 1.31. The molecule has 0 bridgehead atoms. The average molecular weight is 408 g/mol. The molecule has 0 aromatic heterocycles. The Morgan fingerprint density at radius 2 is 1.79 bits per heavy atom. The third-order valence-corrected chi connectivity index (χ3v) is 6.44. The van der Waals surface area contributed by atoms with Gasteiger partial charge < -0.3 is 10.6 Å². The van der Waals surface area contributed by atoms with E-state index in [0.717, 1.165) is 25.3 Å².